The van der Waals surface area contributed by atoms with E-state index in [9.17, 15) is 0 Å². The van der Waals surface area contributed by atoms with E-state index >= 15 is 0 Å². The van der Waals surface area contributed by atoms with Gasteiger partial charge in [0.2, 0.25) is 0 Å². The van der Waals surface area contributed by atoms with Crippen molar-refractivity contribution in [1.82, 2.24) is 9.97 Å². The lowest BCUT2D eigenvalue weighted by Crippen LogP contribution is -2.35. The van der Waals surface area contributed by atoms with Gasteiger partial charge in [0.05, 0.1) is 0 Å². The number of anilines is 2. The van der Waals surface area contributed by atoms with Crippen LogP contribution in [0.4, 0.5) is 11.6 Å². The molecule has 1 aromatic rings. The van der Waals surface area contributed by atoms with Gasteiger partial charge in [-0.25, -0.2) is 9.97 Å². The van der Waals surface area contributed by atoms with Crippen LogP contribution in [-0.2, 0) is 6.42 Å². The van der Waals surface area contributed by atoms with Gasteiger partial charge < -0.3 is 10.2 Å². The molecule has 21 heavy (non-hydrogen) atoms. The Bertz CT molecular complexity index is 474. The number of hydrogen-bond donors (Lipinski definition) is 1. The maximum Gasteiger partial charge on any atom is 0.134 e. The van der Waals surface area contributed by atoms with Gasteiger partial charge in [0, 0.05) is 31.6 Å². The molecule has 0 aromatic carbocycles. The van der Waals surface area contributed by atoms with Crippen molar-refractivity contribution in [2.75, 3.05) is 23.3 Å². The molecule has 3 rings (SSSR count). The Hall–Kier alpha value is -1.32. The Labute approximate surface area is 128 Å². The highest BCUT2D eigenvalue weighted by Gasteiger charge is 2.36. The molecule has 116 valence electrons. The summed E-state index contributed by atoms with van der Waals surface area (Å²) in [5, 5.41) is 3.43. The highest BCUT2D eigenvalue weighted by Crippen LogP contribution is 2.38. The molecule has 1 saturated heterocycles. The first-order valence-corrected chi connectivity index (χ1v) is 8.70. The van der Waals surface area contributed by atoms with E-state index in [0.29, 0.717) is 0 Å². The Morgan fingerprint density at radius 2 is 2.05 bits per heavy atom. The summed E-state index contributed by atoms with van der Waals surface area (Å²) in [5.74, 6) is 4.00. The molecule has 2 aliphatic rings. The van der Waals surface area contributed by atoms with Crippen molar-refractivity contribution >= 4 is 11.6 Å². The van der Waals surface area contributed by atoms with E-state index < -0.39 is 0 Å². The average Bonchev–Trinajstić information content (AvgIpc) is 2.96. The van der Waals surface area contributed by atoms with Gasteiger partial charge in [0.1, 0.15) is 17.5 Å². The number of aryl methyl sites for hydroxylation is 1. The summed E-state index contributed by atoms with van der Waals surface area (Å²) < 4.78 is 0. The second-order valence-corrected chi connectivity index (χ2v) is 6.40. The van der Waals surface area contributed by atoms with Gasteiger partial charge in [0.25, 0.3) is 0 Å². The molecular formula is C17H28N4. The van der Waals surface area contributed by atoms with Crippen molar-refractivity contribution < 1.29 is 0 Å². The molecule has 0 amide bonds. The first-order valence-electron chi connectivity index (χ1n) is 8.70. The summed E-state index contributed by atoms with van der Waals surface area (Å²) in [6.07, 6.45) is 8.91. The monoisotopic (exact) mass is 288 g/mol. The molecule has 1 aliphatic carbocycles. The van der Waals surface area contributed by atoms with Gasteiger partial charge >= 0.3 is 0 Å². The van der Waals surface area contributed by atoms with E-state index in [2.05, 4.69) is 35.1 Å². The van der Waals surface area contributed by atoms with E-state index in [4.69, 9.17) is 4.98 Å². The molecule has 1 saturated carbocycles. The van der Waals surface area contributed by atoms with Crippen LogP contribution in [-0.4, -0.2) is 29.1 Å². The van der Waals surface area contributed by atoms with E-state index in [1.165, 1.54) is 38.6 Å². The van der Waals surface area contributed by atoms with Crippen LogP contribution in [0.3, 0.4) is 0 Å². The first-order chi connectivity index (χ1) is 10.3. The Morgan fingerprint density at radius 1 is 1.19 bits per heavy atom. The molecule has 0 spiro atoms. The number of nitrogens with one attached hydrogen (secondary N) is 1. The summed E-state index contributed by atoms with van der Waals surface area (Å²) in [6.45, 7) is 6.47. The largest absolute Gasteiger partial charge is 0.370 e. The van der Waals surface area contributed by atoms with Crippen molar-refractivity contribution in [1.29, 1.82) is 0 Å². The minimum Gasteiger partial charge on any atom is -0.370 e. The zero-order chi connectivity index (χ0) is 14.7. The van der Waals surface area contributed by atoms with E-state index in [1.807, 2.05) is 0 Å². The van der Waals surface area contributed by atoms with Gasteiger partial charge in [-0.15, -0.1) is 0 Å². The number of aromatic nitrogens is 2. The normalized spacial score (nSPS) is 25.0. The minimum atomic E-state index is 0.720. The van der Waals surface area contributed by atoms with Gasteiger partial charge in [-0.05, 0) is 31.6 Å². The number of hydrogen-bond acceptors (Lipinski definition) is 4. The first kappa shape index (κ1) is 14.6. The highest BCUT2D eigenvalue weighted by atomic mass is 15.2. The summed E-state index contributed by atoms with van der Waals surface area (Å²) >= 11 is 0. The fourth-order valence-corrected chi connectivity index (χ4v) is 3.82. The fourth-order valence-electron chi connectivity index (χ4n) is 3.82. The summed E-state index contributed by atoms with van der Waals surface area (Å²) in [7, 11) is 0. The maximum atomic E-state index is 4.81. The SMILES string of the molecule is CCCNc1cc(N2CCC3CCCCC32)nc(CC)n1. The second kappa shape index (κ2) is 6.63. The number of rotatable bonds is 5. The lowest BCUT2D eigenvalue weighted by molar-refractivity contribution is 0.341. The highest BCUT2D eigenvalue weighted by molar-refractivity contribution is 5.51. The number of nitrogens with zero attached hydrogens (tertiary/aromatic N) is 3. The van der Waals surface area contributed by atoms with Crippen LogP contribution in [0.25, 0.3) is 0 Å². The molecule has 2 heterocycles. The predicted octanol–water partition coefficient (Wildman–Crippen LogP) is 3.63. The molecule has 2 fully saturated rings. The summed E-state index contributed by atoms with van der Waals surface area (Å²) in [5.41, 5.74) is 0. The van der Waals surface area contributed by atoms with E-state index in [-0.39, 0.29) is 0 Å². The Kier molecular flexibility index (Phi) is 4.61. The van der Waals surface area contributed by atoms with Crippen LogP contribution in [0.5, 0.6) is 0 Å². The third-order valence-corrected chi connectivity index (χ3v) is 4.94. The lowest BCUT2D eigenvalue weighted by atomic mass is 9.85. The smallest absolute Gasteiger partial charge is 0.134 e. The molecule has 4 heteroatoms. The van der Waals surface area contributed by atoms with Crippen molar-refractivity contribution in [2.24, 2.45) is 5.92 Å². The van der Waals surface area contributed by atoms with Crippen LogP contribution in [0, 0.1) is 5.92 Å². The van der Waals surface area contributed by atoms with Crippen LogP contribution < -0.4 is 10.2 Å². The van der Waals surface area contributed by atoms with E-state index in [0.717, 1.165) is 48.8 Å². The van der Waals surface area contributed by atoms with E-state index in [1.54, 1.807) is 0 Å². The molecule has 0 radical (unpaired) electrons. The van der Waals surface area contributed by atoms with Crippen molar-refractivity contribution in [2.45, 2.75) is 64.8 Å². The molecule has 4 nitrogen and oxygen atoms in total. The third-order valence-electron chi connectivity index (χ3n) is 4.94. The predicted molar refractivity (Wildman–Crippen MR) is 87.9 cm³/mol. The molecule has 2 unspecified atom stereocenters. The van der Waals surface area contributed by atoms with Gasteiger partial charge in [0.15, 0.2) is 0 Å². The van der Waals surface area contributed by atoms with Crippen molar-refractivity contribution in [3.63, 3.8) is 0 Å². The maximum absolute atomic E-state index is 4.81. The van der Waals surface area contributed by atoms with Crippen LogP contribution in [0.2, 0.25) is 0 Å². The topological polar surface area (TPSA) is 41.0 Å². The molecular weight excluding hydrogens is 260 g/mol. The molecule has 1 aliphatic heterocycles. The number of fused-ring (bicyclic) bond motifs is 1. The third kappa shape index (κ3) is 3.14. The zero-order valence-electron chi connectivity index (χ0n) is 13.4. The molecule has 2 atom stereocenters. The quantitative estimate of drug-likeness (QED) is 0.898. The zero-order valence-corrected chi connectivity index (χ0v) is 13.4. The molecule has 0 bridgehead atoms. The molecule has 1 N–H and O–H groups in total. The Balaban J connectivity index is 1.83. The summed E-state index contributed by atoms with van der Waals surface area (Å²) in [4.78, 5) is 12.0. The van der Waals surface area contributed by atoms with Gasteiger partial charge in [-0.3, -0.25) is 0 Å². The van der Waals surface area contributed by atoms with Gasteiger partial charge in [-0.2, -0.15) is 0 Å². The van der Waals surface area contributed by atoms with Gasteiger partial charge in [-0.1, -0.05) is 26.7 Å². The Morgan fingerprint density at radius 3 is 2.86 bits per heavy atom. The average molecular weight is 288 g/mol. The lowest BCUT2D eigenvalue weighted by Gasteiger charge is -2.32. The summed E-state index contributed by atoms with van der Waals surface area (Å²) in [6, 6.07) is 2.88. The minimum absolute atomic E-state index is 0.720. The van der Waals surface area contributed by atoms with Crippen LogP contribution >= 0.6 is 0 Å². The molecule has 1 aromatic heterocycles. The fraction of sp³-hybridized carbons (Fsp3) is 0.765. The van der Waals surface area contributed by atoms with Crippen LogP contribution in [0.15, 0.2) is 6.07 Å². The van der Waals surface area contributed by atoms with Crippen LogP contribution in [0.1, 0.15) is 58.2 Å². The van der Waals surface area contributed by atoms with Crippen molar-refractivity contribution in [3.05, 3.63) is 11.9 Å². The second-order valence-electron chi connectivity index (χ2n) is 6.40. The standard InChI is InChI=1S/C17H28N4/c1-3-10-18-16-12-17(20-15(4-2)19-16)21-11-9-13-7-5-6-8-14(13)21/h12-14H,3-11H2,1-2H3,(H,18,19,20). The van der Waals surface area contributed by atoms with Crippen molar-refractivity contribution in [3.8, 4) is 0 Å².